The molecule has 0 aliphatic heterocycles. The second kappa shape index (κ2) is 9.67. The number of aliphatic hydroxyl groups is 1. The summed E-state index contributed by atoms with van der Waals surface area (Å²) in [5.41, 5.74) is 6.99. The molecule has 0 saturated carbocycles. The van der Waals surface area contributed by atoms with Gasteiger partial charge < -0.3 is 16.2 Å². The van der Waals surface area contributed by atoms with Crippen molar-refractivity contribution in [1.29, 1.82) is 0 Å². The van der Waals surface area contributed by atoms with Crippen LogP contribution in [0.25, 0.3) is 0 Å². The van der Waals surface area contributed by atoms with E-state index >= 15 is 0 Å². The lowest BCUT2D eigenvalue weighted by molar-refractivity contribution is 0.100. The van der Waals surface area contributed by atoms with Crippen molar-refractivity contribution in [3.63, 3.8) is 0 Å². The number of thiophene rings is 1. The van der Waals surface area contributed by atoms with Gasteiger partial charge in [0.1, 0.15) is 6.10 Å². The van der Waals surface area contributed by atoms with Crippen molar-refractivity contribution in [2.75, 3.05) is 6.54 Å². The lowest BCUT2D eigenvalue weighted by atomic mass is 10.1. The molecule has 0 aliphatic rings. The van der Waals surface area contributed by atoms with Crippen LogP contribution in [0.1, 0.15) is 40.2 Å². The molecule has 2 aromatic rings. The number of aryl methyl sites for hydroxylation is 1. The van der Waals surface area contributed by atoms with E-state index in [-0.39, 0.29) is 12.4 Å². The van der Waals surface area contributed by atoms with Gasteiger partial charge in [-0.15, -0.1) is 23.7 Å². The van der Waals surface area contributed by atoms with E-state index in [4.69, 9.17) is 5.73 Å². The Morgan fingerprint density at radius 2 is 2.04 bits per heavy atom. The maximum absolute atomic E-state index is 11.1. The molecule has 4 N–H and O–H groups in total. The van der Waals surface area contributed by atoms with Crippen LogP contribution in [0.15, 0.2) is 41.8 Å². The standard InChI is InChI=1S/C17H22N2O2S.ClH/c1-12(7-8-13-5-3-2-4-6-13)19-10-15(20)16-9-14(11-22-16)17(18)21;/h2-6,9,11-12,15,19-20H,7-8,10H2,1H3,(H2,18,21);1H. The van der Waals surface area contributed by atoms with Gasteiger partial charge in [0.25, 0.3) is 0 Å². The summed E-state index contributed by atoms with van der Waals surface area (Å²) in [6, 6.07) is 12.3. The number of rotatable bonds is 8. The number of benzene rings is 1. The van der Waals surface area contributed by atoms with E-state index in [9.17, 15) is 9.90 Å². The summed E-state index contributed by atoms with van der Waals surface area (Å²) in [5.74, 6) is -0.459. The molecule has 2 unspecified atom stereocenters. The van der Waals surface area contributed by atoms with Gasteiger partial charge in [0.05, 0.1) is 5.56 Å². The van der Waals surface area contributed by atoms with Gasteiger partial charge in [-0.05, 0) is 31.4 Å². The van der Waals surface area contributed by atoms with Gasteiger partial charge in [-0.2, -0.15) is 0 Å². The molecule has 0 aliphatic carbocycles. The summed E-state index contributed by atoms with van der Waals surface area (Å²) in [4.78, 5) is 11.8. The van der Waals surface area contributed by atoms with E-state index in [2.05, 4.69) is 24.4 Å². The van der Waals surface area contributed by atoms with Crippen LogP contribution in [-0.4, -0.2) is 23.6 Å². The highest BCUT2D eigenvalue weighted by atomic mass is 35.5. The summed E-state index contributed by atoms with van der Waals surface area (Å²) in [6.45, 7) is 2.58. The molecule has 0 fully saturated rings. The molecule has 126 valence electrons. The van der Waals surface area contributed by atoms with Crippen molar-refractivity contribution < 1.29 is 9.90 Å². The van der Waals surface area contributed by atoms with Crippen LogP contribution in [0.3, 0.4) is 0 Å². The summed E-state index contributed by atoms with van der Waals surface area (Å²) < 4.78 is 0. The molecule has 0 radical (unpaired) electrons. The molecular weight excluding hydrogens is 332 g/mol. The van der Waals surface area contributed by atoms with Crippen molar-refractivity contribution in [2.24, 2.45) is 5.73 Å². The molecule has 23 heavy (non-hydrogen) atoms. The average Bonchev–Trinajstić information content (AvgIpc) is 3.02. The van der Waals surface area contributed by atoms with Crippen LogP contribution in [0.5, 0.6) is 0 Å². The predicted octanol–water partition coefficient (Wildman–Crippen LogP) is 2.91. The van der Waals surface area contributed by atoms with E-state index in [0.717, 1.165) is 17.7 Å². The number of hydrogen-bond donors (Lipinski definition) is 3. The molecule has 0 bridgehead atoms. The highest BCUT2D eigenvalue weighted by Crippen LogP contribution is 2.21. The zero-order valence-corrected chi connectivity index (χ0v) is 14.7. The largest absolute Gasteiger partial charge is 0.386 e. The number of hydrogen-bond acceptors (Lipinski definition) is 4. The normalized spacial score (nSPS) is 13.1. The Morgan fingerprint density at radius 3 is 2.65 bits per heavy atom. The third-order valence-corrected chi connectivity index (χ3v) is 4.64. The molecule has 2 rings (SSSR count). The molecule has 4 nitrogen and oxygen atoms in total. The summed E-state index contributed by atoms with van der Waals surface area (Å²) >= 11 is 1.36. The second-order valence-corrected chi connectivity index (χ2v) is 6.39. The molecule has 1 aromatic carbocycles. The zero-order valence-electron chi connectivity index (χ0n) is 13.1. The number of nitrogens with one attached hydrogen (secondary N) is 1. The van der Waals surface area contributed by atoms with Crippen molar-refractivity contribution in [2.45, 2.75) is 31.9 Å². The topological polar surface area (TPSA) is 75.3 Å². The highest BCUT2D eigenvalue weighted by Gasteiger charge is 2.13. The number of nitrogens with two attached hydrogens (primary N) is 1. The van der Waals surface area contributed by atoms with E-state index in [1.54, 1.807) is 11.4 Å². The number of carbonyl (C=O) groups is 1. The second-order valence-electron chi connectivity index (χ2n) is 5.45. The summed E-state index contributed by atoms with van der Waals surface area (Å²) in [6.07, 6.45) is 1.40. The Labute approximate surface area is 147 Å². The van der Waals surface area contributed by atoms with Crippen molar-refractivity contribution in [3.05, 3.63) is 57.8 Å². The first kappa shape index (κ1) is 19.6. The molecule has 6 heteroatoms. The van der Waals surface area contributed by atoms with Crippen LogP contribution < -0.4 is 11.1 Å². The van der Waals surface area contributed by atoms with E-state index in [1.165, 1.54) is 16.9 Å². The predicted molar refractivity (Wildman–Crippen MR) is 97.3 cm³/mol. The lowest BCUT2D eigenvalue weighted by Gasteiger charge is -2.16. The third kappa shape index (κ3) is 6.31. The maximum Gasteiger partial charge on any atom is 0.249 e. The number of primary amides is 1. The summed E-state index contributed by atoms with van der Waals surface area (Å²) in [5, 5.41) is 15.2. The van der Waals surface area contributed by atoms with E-state index in [1.807, 2.05) is 18.2 Å². The fraction of sp³-hybridized carbons (Fsp3) is 0.353. The van der Waals surface area contributed by atoms with Crippen molar-refractivity contribution in [1.82, 2.24) is 5.32 Å². The first-order valence-electron chi connectivity index (χ1n) is 7.40. The first-order chi connectivity index (χ1) is 10.6. The number of carbonyl (C=O) groups excluding carboxylic acids is 1. The lowest BCUT2D eigenvalue weighted by Crippen LogP contribution is -2.30. The Morgan fingerprint density at radius 1 is 1.35 bits per heavy atom. The highest BCUT2D eigenvalue weighted by molar-refractivity contribution is 7.10. The van der Waals surface area contributed by atoms with Crippen molar-refractivity contribution in [3.8, 4) is 0 Å². The van der Waals surface area contributed by atoms with Gasteiger partial charge in [-0.1, -0.05) is 30.3 Å². The van der Waals surface area contributed by atoms with Crippen LogP contribution in [0.4, 0.5) is 0 Å². The SMILES string of the molecule is CC(CCc1ccccc1)NCC(O)c1cc(C(N)=O)cs1.Cl. The maximum atomic E-state index is 11.1. The molecule has 1 amide bonds. The smallest absolute Gasteiger partial charge is 0.249 e. The van der Waals surface area contributed by atoms with Crippen LogP contribution >= 0.6 is 23.7 Å². The van der Waals surface area contributed by atoms with Gasteiger partial charge in [-0.25, -0.2) is 0 Å². The Hall–Kier alpha value is -1.40. The zero-order chi connectivity index (χ0) is 15.9. The van der Waals surface area contributed by atoms with Crippen molar-refractivity contribution >= 4 is 29.7 Å². The minimum Gasteiger partial charge on any atom is -0.386 e. The molecule has 0 spiro atoms. The first-order valence-corrected chi connectivity index (χ1v) is 8.28. The minimum atomic E-state index is -0.614. The molecule has 0 saturated heterocycles. The third-order valence-electron chi connectivity index (χ3n) is 3.60. The fourth-order valence-corrected chi connectivity index (χ4v) is 3.08. The van der Waals surface area contributed by atoms with Crippen LogP contribution in [0.2, 0.25) is 0 Å². The number of amides is 1. The monoisotopic (exact) mass is 354 g/mol. The van der Waals surface area contributed by atoms with Crippen LogP contribution in [-0.2, 0) is 6.42 Å². The number of aliphatic hydroxyl groups excluding tert-OH is 1. The Bertz CT molecular complexity index is 604. The van der Waals surface area contributed by atoms with Gasteiger partial charge >= 0.3 is 0 Å². The van der Waals surface area contributed by atoms with Gasteiger partial charge in [0.2, 0.25) is 5.91 Å². The van der Waals surface area contributed by atoms with E-state index < -0.39 is 12.0 Å². The van der Waals surface area contributed by atoms with Crippen LogP contribution in [0, 0.1) is 0 Å². The minimum absolute atomic E-state index is 0. The Kier molecular flexibility index (Phi) is 8.26. The molecule has 1 aromatic heterocycles. The van der Waals surface area contributed by atoms with Gasteiger partial charge in [-0.3, -0.25) is 4.79 Å². The fourth-order valence-electron chi connectivity index (χ4n) is 2.20. The molecule has 1 heterocycles. The van der Waals surface area contributed by atoms with Gasteiger partial charge in [0, 0.05) is 22.8 Å². The van der Waals surface area contributed by atoms with Gasteiger partial charge in [0.15, 0.2) is 0 Å². The molecular formula is C17H23ClN2O2S. The number of halogens is 1. The quantitative estimate of drug-likeness (QED) is 0.682. The molecule has 2 atom stereocenters. The Balaban J connectivity index is 0.00000264. The summed E-state index contributed by atoms with van der Waals surface area (Å²) in [7, 11) is 0. The average molecular weight is 355 g/mol. The van der Waals surface area contributed by atoms with E-state index in [0.29, 0.717) is 18.2 Å².